The number of carbonyl (C=O) groups excluding carboxylic acids is 1. The third-order valence-electron chi connectivity index (χ3n) is 7.20. The average Bonchev–Trinajstić information content (AvgIpc) is 3.59. The summed E-state index contributed by atoms with van der Waals surface area (Å²) in [5.41, 5.74) is 6.80. The van der Waals surface area contributed by atoms with Gasteiger partial charge in [-0.3, -0.25) is 9.69 Å². The molecule has 7 nitrogen and oxygen atoms in total. The molecule has 0 amide bonds. The van der Waals surface area contributed by atoms with Gasteiger partial charge in [0.15, 0.2) is 5.13 Å². The van der Waals surface area contributed by atoms with Crippen LogP contribution in [0.5, 0.6) is 5.75 Å². The quantitative estimate of drug-likeness (QED) is 0.393. The van der Waals surface area contributed by atoms with Crippen molar-refractivity contribution in [2.45, 2.75) is 33.4 Å². The Morgan fingerprint density at radius 2 is 1.97 bits per heavy atom. The number of methoxy groups -OCH3 is 1. The second-order valence-corrected chi connectivity index (χ2v) is 10.7. The van der Waals surface area contributed by atoms with E-state index in [2.05, 4.69) is 59.4 Å². The number of aromatic nitrogens is 1. The number of aryl methyl sites for hydroxylation is 2. The van der Waals surface area contributed by atoms with Crippen LogP contribution in [0.4, 0.5) is 5.13 Å². The molecule has 0 N–H and O–H groups in total. The van der Waals surface area contributed by atoms with Crippen LogP contribution in [0.1, 0.15) is 28.7 Å². The van der Waals surface area contributed by atoms with Crippen molar-refractivity contribution < 1.29 is 19.0 Å². The molecule has 0 radical (unpaired) electrons. The van der Waals surface area contributed by atoms with E-state index in [9.17, 15) is 4.79 Å². The maximum atomic E-state index is 11.9. The Morgan fingerprint density at radius 1 is 1.14 bits per heavy atom. The minimum Gasteiger partial charge on any atom is -0.488 e. The Labute approximate surface area is 223 Å². The van der Waals surface area contributed by atoms with Crippen LogP contribution in [0, 0.1) is 19.8 Å². The SMILES string of the molecule is COC(=O)C1CCN(c2nc(-c3cc(C)ccc3OCc3ccc(CN4CCOCC4)cc3C)cs2)C1. The van der Waals surface area contributed by atoms with Gasteiger partial charge in [-0.25, -0.2) is 4.98 Å². The predicted molar refractivity (Wildman–Crippen MR) is 146 cm³/mol. The van der Waals surface area contributed by atoms with Crippen molar-refractivity contribution in [1.82, 2.24) is 9.88 Å². The highest BCUT2D eigenvalue weighted by Gasteiger charge is 2.30. The molecule has 2 aliphatic rings. The lowest BCUT2D eigenvalue weighted by atomic mass is 10.0. The second-order valence-electron chi connectivity index (χ2n) is 9.91. The first-order valence-corrected chi connectivity index (χ1v) is 13.8. The van der Waals surface area contributed by atoms with Gasteiger partial charge >= 0.3 is 5.97 Å². The van der Waals surface area contributed by atoms with Crippen LogP contribution in [-0.4, -0.2) is 62.4 Å². The van der Waals surface area contributed by atoms with E-state index in [1.807, 2.05) is 6.07 Å². The zero-order valence-electron chi connectivity index (χ0n) is 21.9. The largest absolute Gasteiger partial charge is 0.488 e. The van der Waals surface area contributed by atoms with Crippen molar-refractivity contribution in [3.8, 4) is 17.0 Å². The fourth-order valence-electron chi connectivity index (χ4n) is 4.99. The number of nitrogens with zero attached hydrogens (tertiary/aromatic N) is 3. The summed E-state index contributed by atoms with van der Waals surface area (Å²) in [4.78, 5) is 21.5. The molecule has 2 fully saturated rings. The number of anilines is 1. The van der Waals surface area contributed by atoms with Crippen LogP contribution < -0.4 is 9.64 Å². The van der Waals surface area contributed by atoms with Crippen molar-refractivity contribution in [3.63, 3.8) is 0 Å². The third-order valence-corrected chi connectivity index (χ3v) is 8.10. The highest BCUT2D eigenvalue weighted by Crippen LogP contribution is 2.36. The highest BCUT2D eigenvalue weighted by atomic mass is 32.1. The maximum absolute atomic E-state index is 11.9. The molecule has 37 heavy (non-hydrogen) atoms. The summed E-state index contributed by atoms with van der Waals surface area (Å²) in [7, 11) is 1.45. The number of esters is 1. The maximum Gasteiger partial charge on any atom is 0.310 e. The van der Waals surface area contributed by atoms with Gasteiger partial charge in [0.1, 0.15) is 12.4 Å². The van der Waals surface area contributed by atoms with E-state index >= 15 is 0 Å². The molecule has 1 aromatic heterocycles. The molecule has 0 saturated carbocycles. The van der Waals surface area contributed by atoms with Gasteiger partial charge in [-0.2, -0.15) is 0 Å². The first-order chi connectivity index (χ1) is 18.0. The Morgan fingerprint density at radius 3 is 2.76 bits per heavy atom. The van der Waals surface area contributed by atoms with Crippen LogP contribution in [0.15, 0.2) is 41.8 Å². The van der Waals surface area contributed by atoms with E-state index in [-0.39, 0.29) is 11.9 Å². The van der Waals surface area contributed by atoms with E-state index in [0.29, 0.717) is 13.2 Å². The average molecular weight is 522 g/mol. The van der Waals surface area contributed by atoms with Gasteiger partial charge in [-0.15, -0.1) is 11.3 Å². The fourth-order valence-corrected chi connectivity index (χ4v) is 5.85. The Bertz CT molecular complexity index is 1240. The number of rotatable bonds is 8. The Hall–Kier alpha value is -2.94. The van der Waals surface area contributed by atoms with Crippen molar-refractivity contribution in [2.75, 3.05) is 51.4 Å². The molecule has 2 aromatic carbocycles. The first-order valence-electron chi connectivity index (χ1n) is 12.9. The van der Waals surface area contributed by atoms with Crippen LogP contribution in [0.2, 0.25) is 0 Å². The second kappa shape index (κ2) is 11.6. The van der Waals surface area contributed by atoms with Gasteiger partial charge in [0.2, 0.25) is 0 Å². The fraction of sp³-hybridized carbons (Fsp3) is 0.448. The number of thiazole rings is 1. The molecular formula is C29H35N3O4S. The monoisotopic (exact) mass is 521 g/mol. The molecule has 8 heteroatoms. The van der Waals surface area contributed by atoms with Crippen LogP contribution in [-0.2, 0) is 27.4 Å². The summed E-state index contributed by atoms with van der Waals surface area (Å²) in [5.74, 6) is 0.602. The molecule has 0 spiro atoms. The molecule has 2 aliphatic heterocycles. The van der Waals surface area contributed by atoms with E-state index in [1.54, 1.807) is 11.3 Å². The van der Waals surface area contributed by atoms with Gasteiger partial charge in [0.05, 0.1) is 31.9 Å². The molecule has 0 bridgehead atoms. The smallest absolute Gasteiger partial charge is 0.310 e. The summed E-state index contributed by atoms with van der Waals surface area (Å²) in [5, 5.41) is 3.01. The van der Waals surface area contributed by atoms with Crippen molar-refractivity contribution in [3.05, 3.63) is 64.0 Å². The molecule has 0 aliphatic carbocycles. The summed E-state index contributed by atoms with van der Waals surface area (Å²) >= 11 is 1.61. The normalized spacial score (nSPS) is 18.2. The summed E-state index contributed by atoms with van der Waals surface area (Å²) in [6, 6.07) is 12.9. The van der Waals surface area contributed by atoms with Crippen LogP contribution in [0.25, 0.3) is 11.3 Å². The van der Waals surface area contributed by atoms with Crippen molar-refractivity contribution in [1.29, 1.82) is 0 Å². The van der Waals surface area contributed by atoms with Gasteiger partial charge in [-0.1, -0.05) is 29.8 Å². The van der Waals surface area contributed by atoms with Gasteiger partial charge in [0, 0.05) is 43.7 Å². The predicted octanol–water partition coefficient (Wildman–Crippen LogP) is 4.84. The molecule has 1 atom stereocenters. The Kier molecular flexibility index (Phi) is 8.08. The molecular weight excluding hydrogens is 486 g/mol. The highest BCUT2D eigenvalue weighted by molar-refractivity contribution is 7.14. The van der Waals surface area contributed by atoms with Gasteiger partial charge < -0.3 is 19.1 Å². The summed E-state index contributed by atoms with van der Waals surface area (Å²) < 4.78 is 16.8. The lowest BCUT2D eigenvalue weighted by Gasteiger charge is -2.26. The van der Waals surface area contributed by atoms with Crippen LogP contribution >= 0.6 is 11.3 Å². The zero-order chi connectivity index (χ0) is 25.8. The number of ether oxygens (including phenoxy) is 3. The lowest BCUT2D eigenvalue weighted by Crippen LogP contribution is -2.35. The number of morpholine rings is 1. The molecule has 2 saturated heterocycles. The van der Waals surface area contributed by atoms with Crippen LogP contribution in [0.3, 0.4) is 0 Å². The molecule has 1 unspecified atom stereocenters. The summed E-state index contributed by atoms with van der Waals surface area (Å²) in [6.45, 7) is 10.8. The van der Waals surface area contributed by atoms with Crippen molar-refractivity contribution in [2.24, 2.45) is 5.92 Å². The number of benzene rings is 2. The molecule has 196 valence electrons. The standard InChI is InChI=1S/C29H35N3O4S/c1-20-4-7-27(36-18-24-6-5-22(15-21(24)2)16-31-10-12-35-13-11-31)25(14-20)26-19-37-29(30-26)32-9-8-23(17-32)28(33)34-3/h4-7,14-15,19,23H,8-13,16-18H2,1-3H3. The Balaban J connectivity index is 1.27. The van der Waals surface area contributed by atoms with E-state index in [1.165, 1.54) is 23.8 Å². The molecule has 3 heterocycles. The minimum absolute atomic E-state index is 0.0845. The number of hydrogen-bond donors (Lipinski definition) is 0. The van der Waals surface area contributed by atoms with Crippen molar-refractivity contribution >= 4 is 22.4 Å². The van der Waals surface area contributed by atoms with Gasteiger partial charge in [0.25, 0.3) is 0 Å². The molecule has 5 rings (SSSR count). The lowest BCUT2D eigenvalue weighted by molar-refractivity contribution is -0.144. The zero-order valence-corrected chi connectivity index (χ0v) is 22.7. The number of hydrogen-bond acceptors (Lipinski definition) is 8. The third kappa shape index (κ3) is 6.14. The van der Waals surface area contributed by atoms with E-state index < -0.39 is 0 Å². The minimum atomic E-state index is -0.141. The van der Waals surface area contributed by atoms with Gasteiger partial charge in [-0.05, 0) is 49.1 Å². The van der Waals surface area contributed by atoms with E-state index in [0.717, 1.165) is 73.5 Å². The first kappa shape index (κ1) is 25.7. The molecule has 3 aromatic rings. The van der Waals surface area contributed by atoms with E-state index in [4.69, 9.17) is 19.2 Å². The summed E-state index contributed by atoms with van der Waals surface area (Å²) in [6.07, 6.45) is 0.797. The topological polar surface area (TPSA) is 64.1 Å². The number of carbonyl (C=O) groups is 1.